The Morgan fingerprint density at radius 3 is 2.72 bits per heavy atom. The van der Waals surface area contributed by atoms with Crippen molar-refractivity contribution in [1.82, 2.24) is 10.6 Å². The van der Waals surface area contributed by atoms with Crippen LogP contribution in [0.25, 0.3) is 0 Å². The van der Waals surface area contributed by atoms with Crippen molar-refractivity contribution < 1.29 is 14.3 Å². The fourth-order valence-corrected chi connectivity index (χ4v) is 2.80. The molecule has 1 heterocycles. The van der Waals surface area contributed by atoms with Gasteiger partial charge >= 0.3 is 6.03 Å². The summed E-state index contributed by atoms with van der Waals surface area (Å²) >= 11 is 0. The molecule has 2 amide bonds. The van der Waals surface area contributed by atoms with Gasteiger partial charge in [0, 0.05) is 6.54 Å². The molecular formula is C20H24N2O3. The van der Waals surface area contributed by atoms with Crippen LogP contribution in [-0.2, 0) is 13.0 Å². The predicted octanol–water partition coefficient (Wildman–Crippen LogP) is 3.28. The Labute approximate surface area is 148 Å². The molecule has 5 nitrogen and oxygen atoms in total. The summed E-state index contributed by atoms with van der Waals surface area (Å²) < 4.78 is 11.3. The highest BCUT2D eigenvalue weighted by molar-refractivity contribution is 5.74. The zero-order chi connectivity index (χ0) is 17.6. The number of hydrogen-bond acceptors (Lipinski definition) is 3. The number of benzene rings is 2. The van der Waals surface area contributed by atoms with Crippen molar-refractivity contribution in [2.75, 3.05) is 6.61 Å². The molecule has 1 atom stereocenters. The number of carbonyl (C=O) groups is 1. The molecule has 1 aliphatic heterocycles. The van der Waals surface area contributed by atoms with E-state index >= 15 is 0 Å². The van der Waals surface area contributed by atoms with E-state index in [-0.39, 0.29) is 18.2 Å². The summed E-state index contributed by atoms with van der Waals surface area (Å²) in [6, 6.07) is 15.5. The van der Waals surface area contributed by atoms with Crippen molar-refractivity contribution in [2.24, 2.45) is 0 Å². The molecule has 0 radical (unpaired) electrons. The van der Waals surface area contributed by atoms with Gasteiger partial charge in [-0.25, -0.2) is 4.79 Å². The first-order chi connectivity index (χ1) is 12.1. The third-order valence-corrected chi connectivity index (χ3v) is 3.96. The quantitative estimate of drug-likeness (QED) is 0.878. The third-order valence-electron chi connectivity index (χ3n) is 3.96. The minimum Gasteiger partial charge on any atom is -0.491 e. The Kier molecular flexibility index (Phi) is 5.43. The normalized spacial score (nSPS) is 15.9. The zero-order valence-corrected chi connectivity index (χ0v) is 14.6. The minimum atomic E-state index is -0.185. The number of amides is 2. The van der Waals surface area contributed by atoms with Crippen molar-refractivity contribution in [3.63, 3.8) is 0 Å². The molecular weight excluding hydrogens is 316 g/mol. The zero-order valence-electron chi connectivity index (χ0n) is 14.6. The summed E-state index contributed by atoms with van der Waals surface area (Å²) in [5, 5.41) is 5.85. The molecule has 2 aromatic rings. The van der Waals surface area contributed by atoms with E-state index in [1.165, 1.54) is 0 Å². The minimum absolute atomic E-state index is 0.0169. The van der Waals surface area contributed by atoms with E-state index in [1.54, 1.807) is 0 Å². The molecule has 0 aliphatic carbocycles. The van der Waals surface area contributed by atoms with E-state index in [0.717, 1.165) is 29.0 Å². The van der Waals surface area contributed by atoms with Gasteiger partial charge in [0.25, 0.3) is 0 Å². The van der Waals surface area contributed by atoms with Crippen molar-refractivity contribution >= 4 is 6.03 Å². The molecule has 0 saturated heterocycles. The van der Waals surface area contributed by atoms with Gasteiger partial charge in [-0.2, -0.15) is 0 Å². The Hall–Kier alpha value is -2.69. The van der Waals surface area contributed by atoms with Crippen LogP contribution in [0.15, 0.2) is 48.5 Å². The van der Waals surface area contributed by atoms with Gasteiger partial charge in [-0.05, 0) is 49.6 Å². The first kappa shape index (κ1) is 17.1. The molecule has 0 spiro atoms. The van der Waals surface area contributed by atoms with E-state index in [1.807, 2.05) is 62.4 Å². The highest BCUT2D eigenvalue weighted by atomic mass is 16.5. The molecule has 25 heavy (non-hydrogen) atoms. The predicted molar refractivity (Wildman–Crippen MR) is 97.0 cm³/mol. The Bertz CT molecular complexity index is 713. The van der Waals surface area contributed by atoms with E-state index in [9.17, 15) is 4.79 Å². The standard InChI is InChI=1S/C20H24N2O3/c1-14(2)25-18-9-7-15(8-10-18)12-21-20(23)22-17-11-16-5-3-4-6-19(16)24-13-17/h3-10,14,17H,11-13H2,1-2H3,(H2,21,22,23). The van der Waals surface area contributed by atoms with Gasteiger partial charge in [-0.3, -0.25) is 0 Å². The van der Waals surface area contributed by atoms with Crippen LogP contribution in [0.2, 0.25) is 0 Å². The lowest BCUT2D eigenvalue weighted by Crippen LogP contribution is -2.47. The van der Waals surface area contributed by atoms with Gasteiger partial charge in [0.05, 0.1) is 12.1 Å². The van der Waals surface area contributed by atoms with Crippen molar-refractivity contribution in [1.29, 1.82) is 0 Å². The van der Waals surface area contributed by atoms with Crippen LogP contribution in [0.1, 0.15) is 25.0 Å². The molecule has 0 bridgehead atoms. The number of hydrogen-bond donors (Lipinski definition) is 2. The van der Waals surface area contributed by atoms with Gasteiger partial charge in [0.1, 0.15) is 18.1 Å². The molecule has 0 saturated carbocycles. The van der Waals surface area contributed by atoms with E-state index in [0.29, 0.717) is 13.2 Å². The molecule has 3 rings (SSSR count). The molecule has 0 fully saturated rings. The number of para-hydroxylation sites is 1. The van der Waals surface area contributed by atoms with Crippen molar-refractivity contribution in [3.8, 4) is 11.5 Å². The maximum absolute atomic E-state index is 12.1. The van der Waals surface area contributed by atoms with Gasteiger partial charge < -0.3 is 20.1 Å². The lowest BCUT2D eigenvalue weighted by molar-refractivity contribution is 0.214. The Morgan fingerprint density at radius 1 is 1.20 bits per heavy atom. The number of carbonyl (C=O) groups excluding carboxylic acids is 1. The largest absolute Gasteiger partial charge is 0.491 e. The highest BCUT2D eigenvalue weighted by Gasteiger charge is 2.20. The van der Waals surface area contributed by atoms with Gasteiger partial charge in [0.2, 0.25) is 0 Å². The summed E-state index contributed by atoms with van der Waals surface area (Å²) in [6.45, 7) is 4.95. The number of nitrogens with one attached hydrogen (secondary N) is 2. The molecule has 2 N–H and O–H groups in total. The SMILES string of the molecule is CC(C)Oc1ccc(CNC(=O)NC2COc3ccccc3C2)cc1. The van der Waals surface area contributed by atoms with Crippen LogP contribution in [0.5, 0.6) is 11.5 Å². The summed E-state index contributed by atoms with van der Waals surface area (Å²) in [4.78, 5) is 12.1. The highest BCUT2D eigenvalue weighted by Crippen LogP contribution is 2.23. The van der Waals surface area contributed by atoms with E-state index < -0.39 is 0 Å². The monoisotopic (exact) mass is 340 g/mol. The lowest BCUT2D eigenvalue weighted by Gasteiger charge is -2.26. The maximum Gasteiger partial charge on any atom is 0.315 e. The second kappa shape index (κ2) is 7.92. The van der Waals surface area contributed by atoms with Crippen LogP contribution in [0, 0.1) is 0 Å². The fourth-order valence-electron chi connectivity index (χ4n) is 2.80. The average molecular weight is 340 g/mol. The van der Waals surface area contributed by atoms with Gasteiger partial charge in [-0.1, -0.05) is 30.3 Å². The second-order valence-electron chi connectivity index (χ2n) is 6.46. The molecule has 1 unspecified atom stereocenters. The Morgan fingerprint density at radius 2 is 1.96 bits per heavy atom. The van der Waals surface area contributed by atoms with Crippen LogP contribution < -0.4 is 20.1 Å². The second-order valence-corrected chi connectivity index (χ2v) is 6.46. The summed E-state index contributed by atoms with van der Waals surface area (Å²) in [5.74, 6) is 1.74. The number of fused-ring (bicyclic) bond motifs is 1. The van der Waals surface area contributed by atoms with Crippen molar-refractivity contribution in [2.45, 2.75) is 39.0 Å². The third kappa shape index (κ3) is 4.89. The number of ether oxygens (including phenoxy) is 2. The first-order valence-corrected chi connectivity index (χ1v) is 8.61. The topological polar surface area (TPSA) is 59.6 Å². The maximum atomic E-state index is 12.1. The van der Waals surface area contributed by atoms with Crippen LogP contribution in [0.4, 0.5) is 4.79 Å². The summed E-state index contributed by atoms with van der Waals surface area (Å²) in [5.41, 5.74) is 2.15. The van der Waals surface area contributed by atoms with Crippen LogP contribution >= 0.6 is 0 Å². The van der Waals surface area contributed by atoms with Crippen LogP contribution in [0.3, 0.4) is 0 Å². The summed E-state index contributed by atoms with van der Waals surface area (Å²) in [7, 11) is 0. The first-order valence-electron chi connectivity index (χ1n) is 8.61. The molecule has 132 valence electrons. The van der Waals surface area contributed by atoms with E-state index in [2.05, 4.69) is 10.6 Å². The number of rotatable bonds is 5. The van der Waals surface area contributed by atoms with Gasteiger partial charge in [-0.15, -0.1) is 0 Å². The summed E-state index contributed by atoms with van der Waals surface area (Å²) in [6.07, 6.45) is 0.933. The van der Waals surface area contributed by atoms with Gasteiger partial charge in [0.15, 0.2) is 0 Å². The smallest absolute Gasteiger partial charge is 0.315 e. The average Bonchev–Trinajstić information content (AvgIpc) is 2.60. The van der Waals surface area contributed by atoms with Crippen LogP contribution in [-0.4, -0.2) is 24.8 Å². The van der Waals surface area contributed by atoms with E-state index in [4.69, 9.17) is 9.47 Å². The lowest BCUT2D eigenvalue weighted by atomic mass is 10.0. The van der Waals surface area contributed by atoms with Crippen molar-refractivity contribution in [3.05, 3.63) is 59.7 Å². The molecule has 5 heteroatoms. The number of urea groups is 1. The molecule has 1 aliphatic rings. The fraction of sp³-hybridized carbons (Fsp3) is 0.350. The molecule has 2 aromatic carbocycles. The Balaban J connectivity index is 1.45. The molecule has 0 aromatic heterocycles.